The van der Waals surface area contributed by atoms with Gasteiger partial charge < -0.3 is 20.3 Å². The molecule has 1 rings (SSSR count). The standard InChI is InChI=1S/C13H21NO3/c1-10-5-3-4-6-13(10)17-9-12(16)8-14-7-11(2)15/h3-6,11-12,14-16H,7-9H2,1-2H3/p+1/t11-,12-/m0/s1. The molecule has 1 aromatic rings. The first-order chi connectivity index (χ1) is 8.09. The highest BCUT2D eigenvalue weighted by atomic mass is 16.5. The van der Waals surface area contributed by atoms with E-state index in [2.05, 4.69) is 0 Å². The number of aliphatic hydroxyl groups excluding tert-OH is 2. The third kappa shape index (κ3) is 5.68. The van der Waals surface area contributed by atoms with Gasteiger partial charge in [0, 0.05) is 0 Å². The van der Waals surface area contributed by atoms with Crippen LogP contribution in [0.25, 0.3) is 0 Å². The number of hydrogen-bond acceptors (Lipinski definition) is 3. The normalized spacial score (nSPS) is 14.4. The Hall–Kier alpha value is -1.10. The number of rotatable bonds is 7. The van der Waals surface area contributed by atoms with Crippen molar-refractivity contribution in [3.8, 4) is 5.75 Å². The van der Waals surface area contributed by atoms with E-state index in [1.165, 1.54) is 0 Å². The Balaban J connectivity index is 2.24. The Bertz CT molecular complexity index is 328. The Morgan fingerprint density at radius 3 is 2.59 bits per heavy atom. The molecule has 0 aliphatic rings. The number of quaternary nitrogens is 1. The first-order valence-electron chi connectivity index (χ1n) is 5.96. The number of para-hydroxylation sites is 1. The molecule has 2 atom stereocenters. The lowest BCUT2D eigenvalue weighted by Crippen LogP contribution is -2.88. The van der Waals surface area contributed by atoms with Gasteiger partial charge in [-0.25, -0.2) is 0 Å². The number of benzene rings is 1. The van der Waals surface area contributed by atoms with Crippen LogP contribution in [0.1, 0.15) is 12.5 Å². The number of hydrogen-bond donors (Lipinski definition) is 3. The van der Waals surface area contributed by atoms with Gasteiger partial charge in [0.25, 0.3) is 0 Å². The molecule has 0 saturated heterocycles. The summed E-state index contributed by atoms with van der Waals surface area (Å²) in [7, 11) is 0. The van der Waals surface area contributed by atoms with Crippen molar-refractivity contribution in [3.63, 3.8) is 0 Å². The number of nitrogens with two attached hydrogens (primary N) is 1. The van der Waals surface area contributed by atoms with Crippen LogP contribution in [0.4, 0.5) is 0 Å². The van der Waals surface area contributed by atoms with Crippen LogP contribution in [0.2, 0.25) is 0 Å². The monoisotopic (exact) mass is 240 g/mol. The third-order valence-corrected chi connectivity index (χ3v) is 2.47. The molecule has 4 N–H and O–H groups in total. The fourth-order valence-corrected chi connectivity index (χ4v) is 1.50. The van der Waals surface area contributed by atoms with E-state index in [9.17, 15) is 5.11 Å². The summed E-state index contributed by atoms with van der Waals surface area (Å²) < 4.78 is 5.52. The van der Waals surface area contributed by atoms with Crippen LogP contribution in [0.3, 0.4) is 0 Å². The van der Waals surface area contributed by atoms with Crippen LogP contribution < -0.4 is 10.1 Å². The highest BCUT2D eigenvalue weighted by molar-refractivity contribution is 5.31. The molecule has 1 aromatic carbocycles. The largest absolute Gasteiger partial charge is 0.490 e. The van der Waals surface area contributed by atoms with Gasteiger partial charge in [0.1, 0.15) is 31.5 Å². The molecule has 0 aliphatic heterocycles. The van der Waals surface area contributed by atoms with Crippen LogP contribution in [-0.2, 0) is 0 Å². The molecule has 0 spiro atoms. The molecule has 96 valence electrons. The van der Waals surface area contributed by atoms with E-state index in [-0.39, 0.29) is 12.7 Å². The van der Waals surface area contributed by atoms with E-state index >= 15 is 0 Å². The zero-order valence-corrected chi connectivity index (χ0v) is 10.5. The molecular weight excluding hydrogens is 218 g/mol. The minimum atomic E-state index is -0.520. The number of ether oxygens (including phenoxy) is 1. The molecule has 4 nitrogen and oxygen atoms in total. The summed E-state index contributed by atoms with van der Waals surface area (Å²) in [5.74, 6) is 0.807. The molecule has 0 aliphatic carbocycles. The second-order valence-electron chi connectivity index (χ2n) is 4.34. The van der Waals surface area contributed by atoms with E-state index in [0.29, 0.717) is 13.1 Å². The SMILES string of the molecule is Cc1ccccc1OC[C@@H](O)C[NH2+]C[C@H](C)O. The maximum Gasteiger partial charge on any atom is 0.137 e. The predicted octanol–water partition coefficient (Wildman–Crippen LogP) is -0.321. The van der Waals surface area contributed by atoms with Crippen molar-refractivity contribution in [2.45, 2.75) is 26.1 Å². The lowest BCUT2D eigenvalue weighted by molar-refractivity contribution is -0.666. The van der Waals surface area contributed by atoms with E-state index in [1.807, 2.05) is 36.5 Å². The van der Waals surface area contributed by atoms with E-state index in [0.717, 1.165) is 11.3 Å². The zero-order chi connectivity index (χ0) is 12.7. The predicted molar refractivity (Wildman–Crippen MR) is 66.0 cm³/mol. The van der Waals surface area contributed by atoms with Gasteiger partial charge in [0.2, 0.25) is 0 Å². The van der Waals surface area contributed by atoms with Gasteiger partial charge >= 0.3 is 0 Å². The van der Waals surface area contributed by atoms with Crippen molar-refractivity contribution in [1.82, 2.24) is 0 Å². The third-order valence-electron chi connectivity index (χ3n) is 2.47. The van der Waals surface area contributed by atoms with Gasteiger partial charge in [-0.3, -0.25) is 0 Å². The van der Waals surface area contributed by atoms with E-state index in [1.54, 1.807) is 6.92 Å². The fourth-order valence-electron chi connectivity index (χ4n) is 1.50. The summed E-state index contributed by atoms with van der Waals surface area (Å²) in [6, 6.07) is 7.73. The summed E-state index contributed by atoms with van der Waals surface area (Å²) in [6.45, 7) is 5.12. The van der Waals surface area contributed by atoms with Crippen LogP contribution in [-0.4, -0.2) is 42.1 Å². The topological polar surface area (TPSA) is 66.3 Å². The lowest BCUT2D eigenvalue weighted by Gasteiger charge is -2.13. The maximum atomic E-state index is 9.68. The van der Waals surface area contributed by atoms with Gasteiger partial charge in [-0.05, 0) is 25.5 Å². The second-order valence-corrected chi connectivity index (χ2v) is 4.34. The molecule has 0 bridgehead atoms. The average Bonchev–Trinajstić information content (AvgIpc) is 2.27. The molecule has 0 unspecified atom stereocenters. The molecule has 0 radical (unpaired) electrons. The van der Waals surface area contributed by atoms with E-state index < -0.39 is 6.10 Å². The molecule has 0 aromatic heterocycles. The minimum absolute atomic E-state index is 0.279. The molecular formula is C13H22NO3+. The smallest absolute Gasteiger partial charge is 0.137 e. The summed E-state index contributed by atoms with van der Waals surface area (Å²) >= 11 is 0. The summed E-state index contributed by atoms with van der Waals surface area (Å²) in [5, 5.41) is 20.6. The van der Waals surface area contributed by atoms with Crippen molar-refractivity contribution in [2.75, 3.05) is 19.7 Å². The van der Waals surface area contributed by atoms with Crippen molar-refractivity contribution in [2.24, 2.45) is 0 Å². The van der Waals surface area contributed by atoms with Crippen molar-refractivity contribution >= 4 is 0 Å². The van der Waals surface area contributed by atoms with Gasteiger partial charge in [-0.1, -0.05) is 18.2 Å². The Morgan fingerprint density at radius 1 is 1.24 bits per heavy atom. The van der Waals surface area contributed by atoms with Gasteiger partial charge in [0.05, 0.1) is 6.10 Å². The molecule has 0 saturated carbocycles. The van der Waals surface area contributed by atoms with E-state index in [4.69, 9.17) is 9.84 Å². The molecule has 17 heavy (non-hydrogen) atoms. The van der Waals surface area contributed by atoms with Gasteiger partial charge in [0.15, 0.2) is 0 Å². The minimum Gasteiger partial charge on any atom is -0.490 e. The lowest BCUT2D eigenvalue weighted by atomic mass is 10.2. The number of aliphatic hydroxyl groups is 2. The Morgan fingerprint density at radius 2 is 1.94 bits per heavy atom. The Labute approximate surface area is 102 Å². The summed E-state index contributed by atoms with van der Waals surface area (Å²) in [6.07, 6.45) is -0.868. The first-order valence-corrected chi connectivity index (χ1v) is 5.96. The van der Waals surface area contributed by atoms with Crippen molar-refractivity contribution < 1.29 is 20.3 Å². The average molecular weight is 240 g/mol. The van der Waals surface area contributed by atoms with Crippen molar-refractivity contribution in [1.29, 1.82) is 0 Å². The fraction of sp³-hybridized carbons (Fsp3) is 0.538. The van der Waals surface area contributed by atoms with Gasteiger partial charge in [-0.15, -0.1) is 0 Å². The van der Waals surface area contributed by atoms with Crippen LogP contribution in [0, 0.1) is 6.92 Å². The summed E-state index contributed by atoms with van der Waals surface area (Å²) in [5.41, 5.74) is 1.06. The second kappa shape index (κ2) is 7.27. The Kier molecular flexibility index (Phi) is 5.97. The molecule has 4 heteroatoms. The highest BCUT2D eigenvalue weighted by Gasteiger charge is 2.09. The molecule has 0 amide bonds. The first kappa shape index (κ1) is 14.0. The summed E-state index contributed by atoms with van der Waals surface area (Å²) in [4.78, 5) is 0. The maximum absolute atomic E-state index is 9.68. The highest BCUT2D eigenvalue weighted by Crippen LogP contribution is 2.15. The van der Waals surface area contributed by atoms with Gasteiger partial charge in [-0.2, -0.15) is 0 Å². The van der Waals surface area contributed by atoms with Crippen LogP contribution in [0.5, 0.6) is 5.75 Å². The van der Waals surface area contributed by atoms with Crippen molar-refractivity contribution in [3.05, 3.63) is 29.8 Å². The van der Waals surface area contributed by atoms with Crippen LogP contribution >= 0.6 is 0 Å². The number of aryl methyl sites for hydroxylation is 1. The molecule has 0 fully saturated rings. The quantitative estimate of drug-likeness (QED) is 0.612. The zero-order valence-electron chi connectivity index (χ0n) is 10.5. The molecule has 0 heterocycles. The van der Waals surface area contributed by atoms with Crippen LogP contribution in [0.15, 0.2) is 24.3 Å².